The smallest absolute Gasteiger partial charge is 0.277 e. The van der Waals surface area contributed by atoms with E-state index in [9.17, 15) is 4.79 Å². The standard InChI is InChI=1S/C22H17Cl3N2O3/c23-17-5-1-16(2-6-17)13-29-19-8-3-15(4-9-19)12-26-27-22(28)14-30-21-10-7-18(24)11-20(21)25/h1-12H,13-14H2,(H,27,28)/b26-12-. The lowest BCUT2D eigenvalue weighted by molar-refractivity contribution is -0.123. The summed E-state index contributed by atoms with van der Waals surface area (Å²) in [5.41, 5.74) is 4.22. The maximum atomic E-state index is 11.8. The normalized spacial score (nSPS) is 10.8. The molecule has 0 bridgehead atoms. The Hall–Kier alpha value is -2.73. The number of nitrogens with zero attached hydrogens (tertiary/aromatic N) is 1. The van der Waals surface area contributed by atoms with Gasteiger partial charge in [0, 0.05) is 10.0 Å². The number of carbonyl (C=O) groups excluding carboxylic acids is 1. The van der Waals surface area contributed by atoms with Crippen molar-refractivity contribution in [2.45, 2.75) is 6.61 Å². The number of hydrogen-bond acceptors (Lipinski definition) is 4. The van der Waals surface area contributed by atoms with Gasteiger partial charge in [0.15, 0.2) is 6.61 Å². The zero-order valence-electron chi connectivity index (χ0n) is 15.6. The van der Waals surface area contributed by atoms with Crippen LogP contribution in [0.1, 0.15) is 11.1 Å². The summed E-state index contributed by atoms with van der Waals surface area (Å²) in [6, 6.07) is 19.5. The van der Waals surface area contributed by atoms with Crippen LogP contribution in [0.15, 0.2) is 71.8 Å². The van der Waals surface area contributed by atoms with Crippen LogP contribution in [0, 0.1) is 0 Å². The predicted molar refractivity (Wildman–Crippen MR) is 120 cm³/mol. The number of ether oxygens (including phenoxy) is 2. The van der Waals surface area contributed by atoms with Gasteiger partial charge < -0.3 is 9.47 Å². The molecular weight excluding hydrogens is 447 g/mol. The van der Waals surface area contributed by atoms with Crippen molar-refractivity contribution >= 4 is 46.9 Å². The number of rotatable bonds is 8. The van der Waals surface area contributed by atoms with E-state index in [1.54, 1.807) is 12.1 Å². The first-order valence-electron chi connectivity index (χ1n) is 8.87. The highest BCUT2D eigenvalue weighted by Gasteiger charge is 2.05. The Balaban J connectivity index is 1.43. The summed E-state index contributed by atoms with van der Waals surface area (Å²) in [6.45, 7) is 0.217. The van der Waals surface area contributed by atoms with Crippen LogP contribution in [0.3, 0.4) is 0 Å². The minimum Gasteiger partial charge on any atom is -0.489 e. The van der Waals surface area contributed by atoms with Gasteiger partial charge in [-0.15, -0.1) is 0 Å². The van der Waals surface area contributed by atoms with Crippen LogP contribution in [-0.2, 0) is 11.4 Å². The van der Waals surface area contributed by atoms with Crippen molar-refractivity contribution in [3.8, 4) is 11.5 Å². The number of amides is 1. The van der Waals surface area contributed by atoms with E-state index in [0.29, 0.717) is 27.4 Å². The summed E-state index contributed by atoms with van der Waals surface area (Å²) in [7, 11) is 0. The first-order chi connectivity index (χ1) is 14.5. The summed E-state index contributed by atoms with van der Waals surface area (Å²) in [6.07, 6.45) is 1.52. The molecule has 0 radical (unpaired) electrons. The fourth-order valence-corrected chi connectivity index (χ4v) is 2.93. The Labute approximate surface area is 189 Å². The highest BCUT2D eigenvalue weighted by atomic mass is 35.5. The molecule has 5 nitrogen and oxygen atoms in total. The zero-order valence-corrected chi connectivity index (χ0v) is 17.9. The molecule has 0 unspecified atom stereocenters. The van der Waals surface area contributed by atoms with Crippen LogP contribution in [0.2, 0.25) is 15.1 Å². The van der Waals surface area contributed by atoms with E-state index in [0.717, 1.165) is 16.9 Å². The van der Waals surface area contributed by atoms with Crippen LogP contribution in [0.25, 0.3) is 0 Å². The quantitative estimate of drug-likeness (QED) is 0.341. The fourth-order valence-electron chi connectivity index (χ4n) is 2.34. The molecule has 0 saturated carbocycles. The van der Waals surface area contributed by atoms with E-state index < -0.39 is 5.91 Å². The van der Waals surface area contributed by atoms with Gasteiger partial charge in [-0.1, -0.05) is 46.9 Å². The lowest BCUT2D eigenvalue weighted by Crippen LogP contribution is -2.24. The van der Waals surface area contributed by atoms with E-state index in [-0.39, 0.29) is 6.61 Å². The van der Waals surface area contributed by atoms with E-state index in [2.05, 4.69) is 10.5 Å². The molecular formula is C22H17Cl3N2O3. The number of hydrazone groups is 1. The Morgan fingerprint density at radius 3 is 2.30 bits per heavy atom. The Kier molecular flexibility index (Phi) is 7.97. The molecule has 0 aliphatic heterocycles. The van der Waals surface area contributed by atoms with Crippen LogP contribution in [0.4, 0.5) is 0 Å². The van der Waals surface area contributed by atoms with Crippen molar-refractivity contribution in [2.24, 2.45) is 5.10 Å². The molecule has 0 aliphatic carbocycles. The second-order valence-corrected chi connectivity index (χ2v) is 7.42. The molecule has 0 fully saturated rings. The van der Waals surface area contributed by atoms with Crippen molar-refractivity contribution in [1.82, 2.24) is 5.43 Å². The van der Waals surface area contributed by atoms with Crippen molar-refractivity contribution in [3.05, 3.63) is 92.9 Å². The van der Waals surface area contributed by atoms with Gasteiger partial charge in [0.2, 0.25) is 0 Å². The van der Waals surface area contributed by atoms with Gasteiger partial charge in [0.25, 0.3) is 5.91 Å². The number of nitrogens with one attached hydrogen (secondary N) is 1. The van der Waals surface area contributed by atoms with Gasteiger partial charge in [0.1, 0.15) is 18.1 Å². The highest BCUT2D eigenvalue weighted by molar-refractivity contribution is 6.35. The zero-order chi connectivity index (χ0) is 21.3. The summed E-state index contributed by atoms with van der Waals surface area (Å²) in [4.78, 5) is 11.8. The Morgan fingerprint density at radius 2 is 1.60 bits per heavy atom. The molecule has 0 saturated heterocycles. The number of benzene rings is 3. The van der Waals surface area contributed by atoms with Crippen LogP contribution >= 0.6 is 34.8 Å². The summed E-state index contributed by atoms with van der Waals surface area (Å²) < 4.78 is 11.1. The molecule has 0 spiro atoms. The molecule has 8 heteroatoms. The van der Waals surface area contributed by atoms with E-state index in [1.165, 1.54) is 12.3 Å². The van der Waals surface area contributed by atoms with Crippen LogP contribution in [-0.4, -0.2) is 18.7 Å². The lowest BCUT2D eigenvalue weighted by Gasteiger charge is -2.07. The molecule has 154 valence electrons. The topological polar surface area (TPSA) is 59.9 Å². The molecule has 1 amide bonds. The van der Waals surface area contributed by atoms with Gasteiger partial charge >= 0.3 is 0 Å². The number of hydrogen-bond donors (Lipinski definition) is 1. The van der Waals surface area contributed by atoms with E-state index in [1.807, 2.05) is 48.5 Å². The van der Waals surface area contributed by atoms with Gasteiger partial charge in [-0.2, -0.15) is 5.10 Å². The molecule has 3 aromatic rings. The first-order valence-corrected chi connectivity index (χ1v) is 10.00. The molecule has 3 aromatic carbocycles. The maximum Gasteiger partial charge on any atom is 0.277 e. The van der Waals surface area contributed by atoms with Crippen molar-refractivity contribution in [2.75, 3.05) is 6.61 Å². The van der Waals surface area contributed by atoms with Crippen molar-refractivity contribution in [3.63, 3.8) is 0 Å². The molecule has 0 aliphatic rings. The van der Waals surface area contributed by atoms with Crippen molar-refractivity contribution in [1.29, 1.82) is 0 Å². The molecule has 0 heterocycles. The second kappa shape index (κ2) is 10.9. The first kappa shape index (κ1) is 22.0. The van der Waals surface area contributed by atoms with E-state index in [4.69, 9.17) is 44.3 Å². The molecule has 0 aromatic heterocycles. The minimum atomic E-state index is -0.416. The highest BCUT2D eigenvalue weighted by Crippen LogP contribution is 2.27. The van der Waals surface area contributed by atoms with Gasteiger partial charge in [-0.25, -0.2) is 5.43 Å². The van der Waals surface area contributed by atoms with Crippen LogP contribution < -0.4 is 14.9 Å². The predicted octanol–water partition coefficient (Wildman–Crippen LogP) is 5.75. The van der Waals surface area contributed by atoms with E-state index >= 15 is 0 Å². The van der Waals surface area contributed by atoms with Gasteiger partial charge in [0.05, 0.1) is 11.2 Å². The lowest BCUT2D eigenvalue weighted by atomic mass is 10.2. The van der Waals surface area contributed by atoms with Gasteiger partial charge in [-0.3, -0.25) is 4.79 Å². The minimum absolute atomic E-state index is 0.226. The summed E-state index contributed by atoms with van der Waals surface area (Å²) in [5.74, 6) is 0.675. The Bertz CT molecular complexity index is 1020. The Morgan fingerprint density at radius 1 is 0.900 bits per heavy atom. The number of carbonyl (C=O) groups is 1. The largest absolute Gasteiger partial charge is 0.489 e. The molecule has 1 N–H and O–H groups in total. The average molecular weight is 464 g/mol. The third-order valence-electron chi connectivity index (χ3n) is 3.85. The maximum absolute atomic E-state index is 11.8. The third kappa shape index (κ3) is 6.95. The second-order valence-electron chi connectivity index (χ2n) is 6.14. The van der Waals surface area contributed by atoms with Crippen molar-refractivity contribution < 1.29 is 14.3 Å². The summed E-state index contributed by atoms with van der Waals surface area (Å²) in [5, 5.41) is 5.42. The fraction of sp³-hybridized carbons (Fsp3) is 0.0909. The SMILES string of the molecule is O=C(COc1ccc(Cl)cc1Cl)N/N=C\c1ccc(OCc2ccc(Cl)cc2)cc1. The van der Waals surface area contributed by atoms with Crippen LogP contribution in [0.5, 0.6) is 11.5 Å². The number of halogens is 3. The molecule has 3 rings (SSSR count). The monoisotopic (exact) mass is 462 g/mol. The molecule has 30 heavy (non-hydrogen) atoms. The van der Waals surface area contributed by atoms with Gasteiger partial charge in [-0.05, 0) is 65.7 Å². The average Bonchev–Trinajstić information content (AvgIpc) is 2.74. The third-order valence-corrected chi connectivity index (χ3v) is 4.64. The summed E-state index contributed by atoms with van der Waals surface area (Å²) >= 11 is 17.7. The molecule has 0 atom stereocenters.